The lowest BCUT2D eigenvalue weighted by Gasteiger charge is -2.01. The summed E-state index contributed by atoms with van der Waals surface area (Å²) in [7, 11) is 0. The minimum atomic E-state index is -0.103. The number of ether oxygens (including phenoxy) is 1. The third kappa shape index (κ3) is 4.02. The van der Waals surface area contributed by atoms with Crippen molar-refractivity contribution in [3.05, 3.63) is 61.7 Å². The van der Waals surface area contributed by atoms with E-state index >= 15 is 0 Å². The van der Waals surface area contributed by atoms with Gasteiger partial charge in [0, 0.05) is 0 Å². The molecule has 2 rings (SSSR count). The van der Waals surface area contributed by atoms with Crippen LogP contribution in [-0.2, 0) is 0 Å². The van der Waals surface area contributed by atoms with Crippen molar-refractivity contribution in [1.29, 1.82) is 0 Å². The van der Waals surface area contributed by atoms with Crippen molar-refractivity contribution in [1.82, 2.24) is 0 Å². The summed E-state index contributed by atoms with van der Waals surface area (Å²) in [5, 5.41) is 8.66. The van der Waals surface area contributed by atoms with Crippen LogP contribution in [0, 0.1) is 7.14 Å². The standard InChI is InChI=1S/C14H14IO2/c16-10-11-17-14-8-6-13(7-9-14)15-12-4-2-1-3-5-12/h1-9,16H,10-11H2/q+1. The normalized spacial score (nSPS) is 10.2. The predicted molar refractivity (Wildman–Crippen MR) is 62.9 cm³/mol. The van der Waals surface area contributed by atoms with E-state index in [9.17, 15) is 0 Å². The highest BCUT2D eigenvalue weighted by atomic mass is 127. The second kappa shape index (κ2) is 6.61. The molecule has 2 aromatic rings. The summed E-state index contributed by atoms with van der Waals surface area (Å²) in [6.07, 6.45) is 0. The number of halogens is 1. The van der Waals surface area contributed by atoms with Crippen molar-refractivity contribution < 1.29 is 31.0 Å². The summed E-state index contributed by atoms with van der Waals surface area (Å²) < 4.78 is 8.10. The van der Waals surface area contributed by atoms with Gasteiger partial charge in [-0.2, -0.15) is 0 Å². The molecule has 0 unspecified atom stereocenters. The van der Waals surface area contributed by atoms with Crippen LogP contribution < -0.4 is 25.9 Å². The maximum absolute atomic E-state index is 8.66. The molecule has 0 aromatic heterocycles. The van der Waals surface area contributed by atoms with Crippen LogP contribution >= 0.6 is 0 Å². The Labute approximate surface area is 112 Å². The monoisotopic (exact) mass is 341 g/mol. The molecule has 2 aromatic carbocycles. The van der Waals surface area contributed by atoms with Crippen molar-refractivity contribution in [3.8, 4) is 5.75 Å². The molecule has 0 radical (unpaired) electrons. The smallest absolute Gasteiger partial charge is 0.357 e. The van der Waals surface area contributed by atoms with Crippen molar-refractivity contribution in [2.75, 3.05) is 13.2 Å². The predicted octanol–water partition coefficient (Wildman–Crippen LogP) is -0.814. The first kappa shape index (κ1) is 12.4. The van der Waals surface area contributed by atoms with Crippen LogP contribution in [0.2, 0.25) is 0 Å². The molecule has 0 atom stereocenters. The minimum Gasteiger partial charge on any atom is -0.491 e. The zero-order valence-electron chi connectivity index (χ0n) is 9.34. The molecule has 0 aliphatic rings. The lowest BCUT2D eigenvalue weighted by Crippen LogP contribution is -3.61. The lowest BCUT2D eigenvalue weighted by molar-refractivity contribution is -0.597. The van der Waals surface area contributed by atoms with E-state index in [0.29, 0.717) is 6.61 Å². The molecule has 0 saturated carbocycles. The first-order chi connectivity index (χ1) is 8.38. The fourth-order valence-electron chi connectivity index (χ4n) is 1.36. The Morgan fingerprint density at radius 2 is 1.53 bits per heavy atom. The van der Waals surface area contributed by atoms with E-state index in [1.807, 2.05) is 18.2 Å². The van der Waals surface area contributed by atoms with Crippen molar-refractivity contribution >= 4 is 0 Å². The molecule has 0 amide bonds. The number of rotatable bonds is 5. The molecular formula is C14H14IO2+. The second-order valence-corrected chi connectivity index (χ2v) is 6.45. The van der Waals surface area contributed by atoms with Gasteiger partial charge in [0.2, 0.25) is 0 Å². The Morgan fingerprint density at radius 3 is 2.18 bits per heavy atom. The van der Waals surface area contributed by atoms with Gasteiger partial charge in [-0.05, 0) is 36.4 Å². The first-order valence-electron chi connectivity index (χ1n) is 5.42. The zero-order valence-corrected chi connectivity index (χ0v) is 11.5. The third-order valence-corrected chi connectivity index (χ3v) is 4.81. The van der Waals surface area contributed by atoms with Crippen molar-refractivity contribution in [2.45, 2.75) is 0 Å². The van der Waals surface area contributed by atoms with Crippen LogP contribution in [-0.4, -0.2) is 18.3 Å². The number of hydrogen-bond donors (Lipinski definition) is 1. The molecule has 2 nitrogen and oxygen atoms in total. The Bertz CT molecular complexity index is 440. The molecule has 0 heterocycles. The van der Waals surface area contributed by atoms with Gasteiger partial charge in [0.1, 0.15) is 12.4 Å². The average Bonchev–Trinajstić information content (AvgIpc) is 2.39. The maximum atomic E-state index is 8.66. The van der Waals surface area contributed by atoms with E-state index < -0.39 is 0 Å². The van der Waals surface area contributed by atoms with Crippen LogP contribution in [0.15, 0.2) is 54.6 Å². The summed E-state index contributed by atoms with van der Waals surface area (Å²) in [5.41, 5.74) is 0. The number of benzene rings is 2. The largest absolute Gasteiger partial charge is 0.491 e. The molecule has 0 aliphatic heterocycles. The van der Waals surface area contributed by atoms with E-state index in [-0.39, 0.29) is 27.8 Å². The van der Waals surface area contributed by atoms with Gasteiger partial charge in [-0.1, -0.05) is 18.2 Å². The summed E-state index contributed by atoms with van der Waals surface area (Å²) in [5.74, 6) is 0.819. The molecule has 0 saturated heterocycles. The molecule has 0 spiro atoms. The fourth-order valence-corrected chi connectivity index (χ4v) is 3.57. The van der Waals surface area contributed by atoms with E-state index in [0.717, 1.165) is 5.75 Å². The highest BCUT2D eigenvalue weighted by Gasteiger charge is 2.14. The number of hydrogen-bond acceptors (Lipinski definition) is 2. The lowest BCUT2D eigenvalue weighted by atomic mass is 10.3. The molecular weight excluding hydrogens is 327 g/mol. The molecule has 17 heavy (non-hydrogen) atoms. The van der Waals surface area contributed by atoms with Crippen molar-refractivity contribution in [3.63, 3.8) is 0 Å². The maximum Gasteiger partial charge on any atom is 0.357 e. The second-order valence-electron chi connectivity index (χ2n) is 3.42. The van der Waals surface area contributed by atoms with E-state index in [1.165, 1.54) is 7.14 Å². The minimum absolute atomic E-state index is 0.0543. The molecule has 0 fully saturated rings. The average molecular weight is 341 g/mol. The van der Waals surface area contributed by atoms with Gasteiger partial charge < -0.3 is 9.84 Å². The Kier molecular flexibility index (Phi) is 4.82. The van der Waals surface area contributed by atoms with E-state index in [2.05, 4.69) is 36.4 Å². The summed E-state index contributed by atoms with van der Waals surface area (Å²) >= 11 is -0.103. The van der Waals surface area contributed by atoms with Gasteiger partial charge in [-0.15, -0.1) is 0 Å². The topological polar surface area (TPSA) is 29.5 Å². The highest BCUT2D eigenvalue weighted by molar-refractivity contribution is 5.20. The molecule has 88 valence electrons. The van der Waals surface area contributed by atoms with Crippen molar-refractivity contribution in [2.24, 2.45) is 0 Å². The fraction of sp³-hybridized carbons (Fsp3) is 0.143. The Morgan fingerprint density at radius 1 is 0.882 bits per heavy atom. The van der Waals surface area contributed by atoms with Crippen LogP contribution in [0.1, 0.15) is 0 Å². The first-order valence-corrected chi connectivity index (χ1v) is 7.58. The summed E-state index contributed by atoms with van der Waals surface area (Å²) in [6, 6.07) is 18.7. The Hall–Kier alpha value is -1.07. The van der Waals surface area contributed by atoms with Gasteiger partial charge in [0.25, 0.3) is 0 Å². The van der Waals surface area contributed by atoms with Gasteiger partial charge in [-0.25, -0.2) is 0 Å². The summed E-state index contributed by atoms with van der Waals surface area (Å²) in [6.45, 7) is 0.409. The highest BCUT2D eigenvalue weighted by Crippen LogP contribution is 2.07. The van der Waals surface area contributed by atoms with E-state index in [1.54, 1.807) is 0 Å². The molecule has 1 N–H and O–H groups in total. The van der Waals surface area contributed by atoms with E-state index in [4.69, 9.17) is 9.84 Å². The molecule has 0 bridgehead atoms. The third-order valence-electron chi connectivity index (χ3n) is 2.12. The van der Waals surface area contributed by atoms with Crippen LogP contribution in [0.4, 0.5) is 0 Å². The van der Waals surface area contributed by atoms with Gasteiger partial charge >= 0.3 is 21.2 Å². The summed E-state index contributed by atoms with van der Waals surface area (Å²) in [4.78, 5) is 0. The quantitative estimate of drug-likeness (QED) is 0.721. The SMILES string of the molecule is OCCOc1ccc([I+]c2ccccc2)cc1. The van der Waals surface area contributed by atoms with Gasteiger partial charge in [0.05, 0.1) is 6.61 Å². The zero-order chi connectivity index (χ0) is 11.9. The van der Waals surface area contributed by atoms with Gasteiger partial charge in [0.15, 0.2) is 7.14 Å². The van der Waals surface area contributed by atoms with Crippen LogP contribution in [0.25, 0.3) is 0 Å². The van der Waals surface area contributed by atoms with Crippen LogP contribution in [0.3, 0.4) is 0 Å². The number of aliphatic hydroxyl groups excluding tert-OH is 1. The number of aliphatic hydroxyl groups is 1. The van der Waals surface area contributed by atoms with Crippen LogP contribution in [0.5, 0.6) is 5.75 Å². The molecule has 0 aliphatic carbocycles. The van der Waals surface area contributed by atoms with Gasteiger partial charge in [-0.3, -0.25) is 0 Å². The Balaban J connectivity index is 1.98. The molecule has 3 heteroatoms.